The number of benzene rings is 2. The topological polar surface area (TPSA) is 35.2 Å². The fraction of sp³-hybridized carbons (Fsp3) is 0.294. The molecule has 0 aliphatic heterocycles. The van der Waals surface area contributed by atoms with Gasteiger partial charge in [-0.3, -0.25) is 0 Å². The van der Waals surface area contributed by atoms with Gasteiger partial charge in [0, 0.05) is 6.54 Å². The summed E-state index contributed by atoms with van der Waals surface area (Å²) in [6.07, 6.45) is 0. The fourth-order valence-corrected chi connectivity index (χ4v) is 2.87. The van der Waals surface area contributed by atoms with Crippen LogP contribution in [0.25, 0.3) is 0 Å². The van der Waals surface area contributed by atoms with E-state index in [1.807, 2.05) is 23.7 Å². The monoisotopic (exact) mass is 299 g/mol. The molecule has 2 N–H and O–H groups in total. The van der Waals surface area contributed by atoms with E-state index in [4.69, 9.17) is 10.5 Å². The van der Waals surface area contributed by atoms with Crippen LogP contribution in [0, 0.1) is 6.92 Å². The number of rotatable bonds is 7. The van der Waals surface area contributed by atoms with Crippen LogP contribution in [0.2, 0.25) is 6.82 Å². The number of nitrogens with two attached hydrogens (primary N) is 1. The highest BCUT2D eigenvalue weighted by atomic mass is 32.2. The summed E-state index contributed by atoms with van der Waals surface area (Å²) in [5.74, 6) is 2.40. The Balaban J connectivity index is 1.88. The first kappa shape index (κ1) is 16.0. The molecule has 2 aromatic rings. The minimum atomic E-state index is 0.487. The fourth-order valence-electron chi connectivity index (χ4n) is 2.03. The molecule has 0 saturated heterocycles. The highest BCUT2D eigenvalue weighted by molar-refractivity contribution is 8.26. The van der Waals surface area contributed by atoms with Crippen LogP contribution in [0.15, 0.2) is 48.5 Å². The van der Waals surface area contributed by atoms with Gasteiger partial charge in [0.2, 0.25) is 5.99 Å². The molecular weight excluding hydrogens is 277 g/mol. The number of aryl methyl sites for hydroxylation is 1. The number of hydrogen-bond acceptors (Lipinski definition) is 3. The summed E-state index contributed by atoms with van der Waals surface area (Å²) in [4.78, 5) is 0. The lowest BCUT2D eigenvalue weighted by Crippen LogP contribution is -2.24. The van der Waals surface area contributed by atoms with Crippen molar-refractivity contribution in [2.24, 2.45) is 5.73 Å². The Morgan fingerprint density at radius 1 is 1.05 bits per heavy atom. The summed E-state index contributed by atoms with van der Waals surface area (Å²) in [6.45, 7) is 5.63. The van der Waals surface area contributed by atoms with Crippen LogP contribution in [0.5, 0.6) is 5.75 Å². The predicted molar refractivity (Wildman–Crippen MR) is 94.7 cm³/mol. The molecule has 0 fully saturated rings. The average Bonchev–Trinajstić information content (AvgIpc) is 2.52. The second-order valence-corrected chi connectivity index (χ2v) is 6.59. The van der Waals surface area contributed by atoms with Gasteiger partial charge < -0.3 is 10.5 Å². The van der Waals surface area contributed by atoms with Crippen molar-refractivity contribution in [1.29, 1.82) is 0 Å². The SMILES string of the molecule is CB(SCCN)c1ccc(COc2ccc(C)cc2)cc1. The van der Waals surface area contributed by atoms with Crippen LogP contribution in [0.4, 0.5) is 0 Å². The van der Waals surface area contributed by atoms with Crippen molar-refractivity contribution < 1.29 is 4.74 Å². The van der Waals surface area contributed by atoms with Crippen LogP contribution in [0.3, 0.4) is 0 Å². The van der Waals surface area contributed by atoms with E-state index in [0.29, 0.717) is 12.6 Å². The molecule has 21 heavy (non-hydrogen) atoms. The third-order valence-corrected chi connectivity index (χ3v) is 4.60. The van der Waals surface area contributed by atoms with E-state index in [1.165, 1.54) is 16.6 Å². The van der Waals surface area contributed by atoms with Crippen molar-refractivity contribution in [2.75, 3.05) is 12.3 Å². The maximum atomic E-state index is 5.79. The van der Waals surface area contributed by atoms with Crippen LogP contribution < -0.4 is 15.9 Å². The highest BCUT2D eigenvalue weighted by Gasteiger charge is 2.09. The second kappa shape index (κ2) is 8.15. The minimum Gasteiger partial charge on any atom is -0.489 e. The zero-order valence-electron chi connectivity index (χ0n) is 12.7. The Morgan fingerprint density at radius 2 is 1.71 bits per heavy atom. The molecule has 0 aliphatic rings. The summed E-state index contributed by atoms with van der Waals surface area (Å²) in [7, 11) is 0. The molecule has 0 saturated carbocycles. The van der Waals surface area contributed by atoms with Gasteiger partial charge in [-0.05, 0) is 30.4 Å². The largest absolute Gasteiger partial charge is 0.489 e. The van der Waals surface area contributed by atoms with Gasteiger partial charge in [-0.2, -0.15) is 0 Å². The van der Waals surface area contributed by atoms with Gasteiger partial charge in [0.25, 0.3) is 0 Å². The number of ether oxygens (including phenoxy) is 1. The minimum absolute atomic E-state index is 0.487. The van der Waals surface area contributed by atoms with Crippen LogP contribution in [-0.2, 0) is 6.61 Å². The van der Waals surface area contributed by atoms with Crippen LogP contribution >= 0.6 is 11.6 Å². The summed E-state index contributed by atoms with van der Waals surface area (Å²) < 4.78 is 5.79. The first-order valence-corrected chi connectivity index (χ1v) is 8.34. The molecule has 4 heteroatoms. The zero-order chi connectivity index (χ0) is 15.1. The van der Waals surface area contributed by atoms with E-state index >= 15 is 0 Å². The van der Waals surface area contributed by atoms with Gasteiger partial charge in [-0.15, -0.1) is 0 Å². The molecule has 2 rings (SSSR count). The van der Waals surface area contributed by atoms with E-state index in [0.717, 1.165) is 18.0 Å². The van der Waals surface area contributed by atoms with Crippen molar-refractivity contribution in [1.82, 2.24) is 0 Å². The van der Waals surface area contributed by atoms with Gasteiger partial charge in [-0.25, -0.2) is 11.6 Å². The molecule has 0 aromatic heterocycles. The molecule has 0 amide bonds. The molecule has 0 radical (unpaired) electrons. The summed E-state index contributed by atoms with van der Waals surface area (Å²) in [5, 5.41) is 0. The van der Waals surface area contributed by atoms with E-state index in [9.17, 15) is 0 Å². The normalized spacial score (nSPS) is 10.4. The van der Waals surface area contributed by atoms with Gasteiger partial charge in [0.1, 0.15) is 12.4 Å². The third-order valence-electron chi connectivity index (χ3n) is 3.36. The van der Waals surface area contributed by atoms with E-state index in [1.54, 1.807) is 0 Å². The quantitative estimate of drug-likeness (QED) is 0.798. The van der Waals surface area contributed by atoms with Crippen molar-refractivity contribution in [3.05, 3.63) is 59.7 Å². The molecule has 110 valence electrons. The van der Waals surface area contributed by atoms with Crippen LogP contribution in [-0.4, -0.2) is 18.3 Å². The molecule has 0 spiro atoms. The van der Waals surface area contributed by atoms with E-state index in [-0.39, 0.29) is 0 Å². The Labute approximate surface area is 132 Å². The Hall–Kier alpha value is -1.39. The first-order chi connectivity index (χ1) is 10.2. The molecule has 2 aromatic carbocycles. The van der Waals surface area contributed by atoms with Crippen molar-refractivity contribution in [3.63, 3.8) is 0 Å². The first-order valence-electron chi connectivity index (χ1n) is 7.29. The van der Waals surface area contributed by atoms with Gasteiger partial charge >= 0.3 is 0 Å². The Kier molecular flexibility index (Phi) is 6.21. The third kappa shape index (κ3) is 5.14. The van der Waals surface area contributed by atoms with Crippen molar-refractivity contribution in [2.45, 2.75) is 20.4 Å². The lowest BCUT2D eigenvalue weighted by atomic mass is 9.71. The predicted octanol–water partition coefficient (Wildman–Crippen LogP) is 3.09. The molecule has 0 bridgehead atoms. The lowest BCUT2D eigenvalue weighted by molar-refractivity contribution is 0.306. The Morgan fingerprint density at radius 3 is 2.33 bits per heavy atom. The maximum Gasteiger partial charge on any atom is 0.238 e. The molecule has 0 atom stereocenters. The molecule has 2 nitrogen and oxygen atoms in total. The average molecular weight is 299 g/mol. The van der Waals surface area contributed by atoms with Gasteiger partial charge in [0.05, 0.1) is 0 Å². The second-order valence-electron chi connectivity index (χ2n) is 5.15. The van der Waals surface area contributed by atoms with Crippen molar-refractivity contribution >= 4 is 23.1 Å². The standard InChI is InChI=1S/C17H22BNOS/c1-14-3-9-17(10-4-14)20-13-15-5-7-16(8-6-15)18(2)21-12-11-19/h3-10H,11-13,19H2,1-2H3. The lowest BCUT2D eigenvalue weighted by Gasteiger charge is -2.10. The molecule has 0 aliphatic carbocycles. The van der Waals surface area contributed by atoms with E-state index < -0.39 is 0 Å². The molecular formula is C17H22BNOS. The van der Waals surface area contributed by atoms with Gasteiger partial charge in [-0.1, -0.05) is 54.2 Å². The summed E-state index contributed by atoms with van der Waals surface area (Å²) >= 11 is 1.89. The smallest absolute Gasteiger partial charge is 0.238 e. The maximum absolute atomic E-state index is 5.79. The summed E-state index contributed by atoms with van der Waals surface area (Å²) in [5.41, 5.74) is 9.32. The van der Waals surface area contributed by atoms with Gasteiger partial charge in [0.15, 0.2) is 0 Å². The Bertz CT molecular complexity index is 542. The zero-order valence-corrected chi connectivity index (χ0v) is 13.5. The van der Waals surface area contributed by atoms with Crippen molar-refractivity contribution in [3.8, 4) is 5.75 Å². The van der Waals surface area contributed by atoms with E-state index in [2.05, 4.69) is 50.1 Å². The number of hydrogen-bond donors (Lipinski definition) is 1. The molecule has 0 unspecified atom stereocenters. The molecule has 0 heterocycles. The van der Waals surface area contributed by atoms with Crippen LogP contribution in [0.1, 0.15) is 11.1 Å². The highest BCUT2D eigenvalue weighted by Crippen LogP contribution is 2.14. The summed E-state index contributed by atoms with van der Waals surface area (Å²) in [6, 6.07) is 16.8.